The summed E-state index contributed by atoms with van der Waals surface area (Å²) in [4.78, 5) is 12.3. The Morgan fingerprint density at radius 3 is 2.48 bits per heavy atom. The number of hydrogen-bond donors (Lipinski definition) is 1. The highest BCUT2D eigenvalue weighted by atomic mass is 16.5. The molecule has 142 valence electrons. The van der Waals surface area contributed by atoms with Crippen LogP contribution in [0.2, 0.25) is 0 Å². The maximum absolute atomic E-state index is 12.3. The molecule has 0 bridgehead atoms. The van der Waals surface area contributed by atoms with E-state index in [0.717, 1.165) is 24.2 Å². The zero-order valence-electron chi connectivity index (χ0n) is 15.8. The second kappa shape index (κ2) is 9.38. The van der Waals surface area contributed by atoms with Crippen molar-refractivity contribution in [1.29, 1.82) is 0 Å². The molecule has 0 radical (unpaired) electrons. The van der Waals surface area contributed by atoms with E-state index in [1.165, 1.54) is 5.56 Å². The van der Waals surface area contributed by atoms with Crippen LogP contribution in [0.3, 0.4) is 0 Å². The predicted octanol–water partition coefficient (Wildman–Crippen LogP) is 3.96. The van der Waals surface area contributed by atoms with Crippen molar-refractivity contribution < 1.29 is 14.3 Å². The van der Waals surface area contributed by atoms with Crippen molar-refractivity contribution in [3.05, 3.63) is 71.8 Å². The predicted molar refractivity (Wildman–Crippen MR) is 108 cm³/mol. The van der Waals surface area contributed by atoms with Crippen LogP contribution in [0.25, 0.3) is 6.08 Å². The number of nitrogens with one attached hydrogen (secondary N) is 1. The van der Waals surface area contributed by atoms with E-state index in [2.05, 4.69) is 17.4 Å². The minimum Gasteiger partial charge on any atom is -0.494 e. The zero-order chi connectivity index (χ0) is 19.0. The van der Waals surface area contributed by atoms with Crippen molar-refractivity contribution in [2.45, 2.75) is 25.2 Å². The molecule has 1 heterocycles. The van der Waals surface area contributed by atoms with Gasteiger partial charge >= 0.3 is 0 Å². The fraction of sp³-hybridized carbons (Fsp3) is 0.348. The number of carbonyl (C=O) groups is 1. The van der Waals surface area contributed by atoms with Gasteiger partial charge < -0.3 is 14.8 Å². The van der Waals surface area contributed by atoms with Gasteiger partial charge in [0.15, 0.2) is 0 Å². The number of hydrogen-bond acceptors (Lipinski definition) is 3. The maximum atomic E-state index is 12.3. The molecule has 4 heteroatoms. The molecule has 0 aliphatic carbocycles. The van der Waals surface area contributed by atoms with Crippen molar-refractivity contribution in [1.82, 2.24) is 5.32 Å². The third-order valence-corrected chi connectivity index (χ3v) is 5.06. The van der Waals surface area contributed by atoms with E-state index in [-0.39, 0.29) is 11.3 Å². The smallest absolute Gasteiger partial charge is 0.244 e. The topological polar surface area (TPSA) is 47.6 Å². The highest BCUT2D eigenvalue weighted by Gasteiger charge is 2.34. The Morgan fingerprint density at radius 1 is 1.11 bits per heavy atom. The van der Waals surface area contributed by atoms with Gasteiger partial charge in [0.1, 0.15) is 5.75 Å². The van der Waals surface area contributed by atoms with Gasteiger partial charge in [-0.3, -0.25) is 4.79 Å². The Hall–Kier alpha value is -2.59. The molecule has 1 fully saturated rings. The van der Waals surface area contributed by atoms with E-state index in [4.69, 9.17) is 9.47 Å². The Kier molecular flexibility index (Phi) is 6.66. The first-order chi connectivity index (χ1) is 13.2. The summed E-state index contributed by atoms with van der Waals surface area (Å²) in [6.45, 7) is 4.66. The summed E-state index contributed by atoms with van der Waals surface area (Å²) in [5.74, 6) is 0.800. The fourth-order valence-electron chi connectivity index (χ4n) is 3.45. The number of amides is 1. The van der Waals surface area contributed by atoms with Crippen LogP contribution < -0.4 is 10.1 Å². The van der Waals surface area contributed by atoms with Gasteiger partial charge in [-0.25, -0.2) is 0 Å². The lowest BCUT2D eigenvalue weighted by Gasteiger charge is -2.38. The van der Waals surface area contributed by atoms with Crippen molar-refractivity contribution in [3.63, 3.8) is 0 Å². The summed E-state index contributed by atoms with van der Waals surface area (Å²) in [6, 6.07) is 18.1. The van der Waals surface area contributed by atoms with Crippen LogP contribution in [0.5, 0.6) is 5.75 Å². The summed E-state index contributed by atoms with van der Waals surface area (Å²) in [7, 11) is 0. The average molecular weight is 365 g/mol. The maximum Gasteiger partial charge on any atom is 0.244 e. The minimum absolute atomic E-state index is 0.0735. The van der Waals surface area contributed by atoms with E-state index < -0.39 is 0 Å². The Bertz CT molecular complexity index is 747. The normalized spacial score (nSPS) is 16.2. The van der Waals surface area contributed by atoms with E-state index in [0.29, 0.717) is 26.4 Å². The van der Waals surface area contributed by atoms with Crippen LogP contribution in [0, 0.1) is 0 Å². The lowest BCUT2D eigenvalue weighted by Crippen LogP contribution is -2.44. The largest absolute Gasteiger partial charge is 0.494 e. The molecule has 2 aromatic rings. The van der Waals surface area contributed by atoms with Crippen LogP contribution in [0.4, 0.5) is 0 Å². The van der Waals surface area contributed by atoms with Crippen LogP contribution in [-0.2, 0) is 14.9 Å². The standard InChI is InChI=1S/C23H27NO3/c1-2-27-21-11-9-20(10-12-21)23(14-16-26-17-15-23)18-24-22(25)13-8-19-6-4-3-5-7-19/h3-13H,2,14-18H2,1H3,(H,24,25)/b13-8+. The first-order valence-electron chi connectivity index (χ1n) is 9.54. The molecule has 0 aromatic heterocycles. The number of rotatable bonds is 7. The zero-order valence-corrected chi connectivity index (χ0v) is 15.8. The molecular formula is C23H27NO3. The number of benzene rings is 2. The second-order valence-electron chi connectivity index (χ2n) is 6.81. The molecule has 1 saturated heterocycles. The molecular weight excluding hydrogens is 338 g/mol. The van der Waals surface area contributed by atoms with Crippen molar-refractivity contribution >= 4 is 12.0 Å². The third-order valence-electron chi connectivity index (χ3n) is 5.06. The second-order valence-corrected chi connectivity index (χ2v) is 6.81. The van der Waals surface area contributed by atoms with Crippen LogP contribution in [0.15, 0.2) is 60.7 Å². The minimum atomic E-state index is -0.0980. The van der Waals surface area contributed by atoms with E-state index in [1.54, 1.807) is 6.08 Å². The first kappa shape index (κ1) is 19.2. The van der Waals surface area contributed by atoms with Gasteiger partial charge in [-0.15, -0.1) is 0 Å². The van der Waals surface area contributed by atoms with Crippen LogP contribution in [-0.4, -0.2) is 32.3 Å². The molecule has 0 spiro atoms. The van der Waals surface area contributed by atoms with Gasteiger partial charge in [0.2, 0.25) is 5.91 Å². The van der Waals surface area contributed by atoms with Crippen molar-refractivity contribution in [3.8, 4) is 5.75 Å². The molecule has 0 unspecified atom stereocenters. The molecule has 0 saturated carbocycles. The summed E-state index contributed by atoms with van der Waals surface area (Å²) in [5.41, 5.74) is 2.14. The highest BCUT2D eigenvalue weighted by molar-refractivity contribution is 5.91. The van der Waals surface area contributed by atoms with E-state index in [1.807, 2.05) is 55.5 Å². The molecule has 4 nitrogen and oxygen atoms in total. The van der Waals surface area contributed by atoms with Crippen molar-refractivity contribution in [2.24, 2.45) is 0 Å². The molecule has 0 atom stereocenters. The first-order valence-corrected chi connectivity index (χ1v) is 9.54. The molecule has 1 N–H and O–H groups in total. The van der Waals surface area contributed by atoms with Gasteiger partial charge in [-0.1, -0.05) is 42.5 Å². The molecule has 1 aliphatic rings. The van der Waals surface area contributed by atoms with Gasteiger partial charge in [0, 0.05) is 31.2 Å². The molecule has 27 heavy (non-hydrogen) atoms. The van der Waals surface area contributed by atoms with Gasteiger partial charge in [0.25, 0.3) is 0 Å². The van der Waals surface area contributed by atoms with Gasteiger partial charge in [-0.2, -0.15) is 0 Å². The summed E-state index contributed by atoms with van der Waals surface area (Å²) < 4.78 is 11.1. The summed E-state index contributed by atoms with van der Waals surface area (Å²) >= 11 is 0. The number of ether oxygens (including phenoxy) is 2. The monoisotopic (exact) mass is 365 g/mol. The quantitative estimate of drug-likeness (QED) is 0.756. The lowest BCUT2D eigenvalue weighted by atomic mass is 9.74. The molecule has 1 aliphatic heterocycles. The van der Waals surface area contributed by atoms with Gasteiger partial charge in [0.05, 0.1) is 6.61 Å². The Labute approximate surface area is 161 Å². The van der Waals surface area contributed by atoms with Crippen LogP contribution >= 0.6 is 0 Å². The van der Waals surface area contributed by atoms with Gasteiger partial charge in [-0.05, 0) is 49.1 Å². The SMILES string of the molecule is CCOc1ccc(C2(CNC(=O)/C=C/c3ccccc3)CCOCC2)cc1. The Balaban J connectivity index is 1.67. The average Bonchev–Trinajstić information content (AvgIpc) is 2.73. The van der Waals surface area contributed by atoms with E-state index in [9.17, 15) is 4.79 Å². The molecule has 2 aromatic carbocycles. The molecule has 1 amide bonds. The highest BCUT2D eigenvalue weighted by Crippen LogP contribution is 2.35. The summed E-state index contributed by atoms with van der Waals surface area (Å²) in [5, 5.41) is 3.09. The van der Waals surface area contributed by atoms with Crippen LogP contribution in [0.1, 0.15) is 30.9 Å². The van der Waals surface area contributed by atoms with E-state index >= 15 is 0 Å². The lowest BCUT2D eigenvalue weighted by molar-refractivity contribution is -0.116. The fourth-order valence-corrected chi connectivity index (χ4v) is 3.45. The van der Waals surface area contributed by atoms with Crippen molar-refractivity contribution in [2.75, 3.05) is 26.4 Å². The summed E-state index contributed by atoms with van der Waals surface area (Å²) in [6.07, 6.45) is 5.22. The number of carbonyl (C=O) groups excluding carboxylic acids is 1. The molecule has 3 rings (SSSR count). The Morgan fingerprint density at radius 2 is 1.81 bits per heavy atom. The third kappa shape index (κ3) is 5.20.